The standard InChI is InChI=1S/C18H20N2/c1-12-8-9-15-13(10-12)11-18(2)14-6-4-5-7-16(14)20(3)17(18)19-15/h4-10,17,19H,11H2,1-3H3/t17-,18+/m1/s1. The second kappa shape index (κ2) is 3.78. The highest BCUT2D eigenvalue weighted by Gasteiger charge is 2.48. The van der Waals surface area contributed by atoms with Crippen molar-refractivity contribution in [3.05, 3.63) is 59.2 Å². The lowest BCUT2D eigenvalue weighted by atomic mass is 9.74. The molecule has 2 heterocycles. The molecular weight excluding hydrogens is 244 g/mol. The predicted molar refractivity (Wildman–Crippen MR) is 84.5 cm³/mol. The second-order valence-corrected chi connectivity index (χ2v) is 6.43. The Labute approximate surface area is 120 Å². The summed E-state index contributed by atoms with van der Waals surface area (Å²) in [7, 11) is 2.20. The van der Waals surface area contributed by atoms with Crippen molar-refractivity contribution in [2.24, 2.45) is 0 Å². The van der Waals surface area contributed by atoms with Gasteiger partial charge in [-0.25, -0.2) is 0 Å². The minimum atomic E-state index is 0.145. The fraction of sp³-hybridized carbons (Fsp3) is 0.333. The molecule has 102 valence electrons. The summed E-state index contributed by atoms with van der Waals surface area (Å²) < 4.78 is 0. The van der Waals surface area contributed by atoms with E-state index in [0.717, 1.165) is 6.42 Å². The van der Waals surface area contributed by atoms with E-state index in [1.54, 1.807) is 0 Å². The Morgan fingerprint density at radius 1 is 1.20 bits per heavy atom. The lowest BCUT2D eigenvalue weighted by Gasteiger charge is -2.41. The first-order chi connectivity index (χ1) is 9.59. The molecule has 0 saturated carbocycles. The van der Waals surface area contributed by atoms with Crippen molar-refractivity contribution in [3.63, 3.8) is 0 Å². The molecule has 2 heteroatoms. The number of rotatable bonds is 0. The molecule has 0 unspecified atom stereocenters. The third kappa shape index (κ3) is 1.39. The van der Waals surface area contributed by atoms with Gasteiger partial charge in [-0.2, -0.15) is 0 Å². The van der Waals surface area contributed by atoms with E-state index in [1.807, 2.05) is 0 Å². The SMILES string of the molecule is Cc1ccc2c(c1)C[C@@]1(C)c3ccccc3N(C)[C@H]1N2. The van der Waals surface area contributed by atoms with Crippen LogP contribution in [0.15, 0.2) is 42.5 Å². The highest BCUT2D eigenvalue weighted by molar-refractivity contribution is 5.70. The predicted octanol–water partition coefficient (Wildman–Crippen LogP) is 3.70. The first-order valence-electron chi connectivity index (χ1n) is 7.28. The molecule has 0 spiro atoms. The smallest absolute Gasteiger partial charge is 0.109 e. The molecular formula is C18H20N2. The van der Waals surface area contributed by atoms with Crippen molar-refractivity contribution in [2.45, 2.75) is 31.8 Å². The van der Waals surface area contributed by atoms with E-state index in [1.165, 1.54) is 28.1 Å². The van der Waals surface area contributed by atoms with Gasteiger partial charge in [-0.05, 0) is 36.6 Å². The summed E-state index contributed by atoms with van der Waals surface area (Å²) in [5.74, 6) is 0. The van der Waals surface area contributed by atoms with Crippen molar-refractivity contribution >= 4 is 11.4 Å². The van der Waals surface area contributed by atoms with Crippen LogP contribution in [-0.4, -0.2) is 13.2 Å². The lowest BCUT2D eigenvalue weighted by molar-refractivity contribution is 0.405. The molecule has 0 fully saturated rings. The van der Waals surface area contributed by atoms with E-state index < -0.39 is 0 Å². The Hall–Kier alpha value is -1.96. The van der Waals surface area contributed by atoms with Crippen molar-refractivity contribution < 1.29 is 0 Å². The van der Waals surface area contributed by atoms with Crippen molar-refractivity contribution in [2.75, 3.05) is 17.3 Å². The quantitative estimate of drug-likeness (QED) is 0.780. The minimum absolute atomic E-state index is 0.145. The highest BCUT2D eigenvalue weighted by Crippen LogP contribution is 2.49. The van der Waals surface area contributed by atoms with Gasteiger partial charge in [0.2, 0.25) is 0 Å². The molecule has 0 saturated heterocycles. The van der Waals surface area contributed by atoms with E-state index >= 15 is 0 Å². The van der Waals surface area contributed by atoms with Crippen LogP contribution in [0.1, 0.15) is 23.6 Å². The number of anilines is 2. The minimum Gasteiger partial charge on any atom is -0.364 e. The number of aryl methyl sites for hydroxylation is 1. The summed E-state index contributed by atoms with van der Waals surface area (Å²) in [6.07, 6.45) is 1.44. The average molecular weight is 264 g/mol. The van der Waals surface area contributed by atoms with E-state index in [9.17, 15) is 0 Å². The van der Waals surface area contributed by atoms with Crippen molar-refractivity contribution in [1.82, 2.24) is 0 Å². The number of fused-ring (bicyclic) bond motifs is 4. The third-order valence-electron chi connectivity index (χ3n) is 5.00. The van der Waals surface area contributed by atoms with Gasteiger partial charge in [0.1, 0.15) is 6.17 Å². The molecule has 2 aromatic carbocycles. The van der Waals surface area contributed by atoms with Gasteiger partial charge in [0.15, 0.2) is 0 Å². The Morgan fingerprint density at radius 2 is 2.00 bits per heavy atom. The number of nitrogens with zero attached hydrogens (tertiary/aromatic N) is 1. The number of hydrogen-bond donors (Lipinski definition) is 1. The fourth-order valence-corrected chi connectivity index (χ4v) is 3.98. The van der Waals surface area contributed by atoms with Crippen LogP contribution < -0.4 is 10.2 Å². The average Bonchev–Trinajstić information content (AvgIpc) is 2.66. The third-order valence-corrected chi connectivity index (χ3v) is 5.00. The van der Waals surface area contributed by atoms with Crippen LogP contribution in [0, 0.1) is 6.92 Å². The summed E-state index contributed by atoms with van der Waals surface area (Å²) in [4.78, 5) is 2.39. The van der Waals surface area contributed by atoms with E-state index in [-0.39, 0.29) is 5.41 Å². The van der Waals surface area contributed by atoms with E-state index in [0.29, 0.717) is 6.17 Å². The molecule has 0 amide bonds. The van der Waals surface area contributed by atoms with Crippen molar-refractivity contribution in [3.8, 4) is 0 Å². The normalized spacial score (nSPS) is 26.6. The highest BCUT2D eigenvalue weighted by atomic mass is 15.3. The maximum absolute atomic E-state index is 3.75. The molecule has 0 radical (unpaired) electrons. The largest absolute Gasteiger partial charge is 0.364 e. The number of likely N-dealkylation sites (N-methyl/N-ethyl adjacent to an activating group) is 1. The molecule has 1 N–H and O–H groups in total. The zero-order valence-electron chi connectivity index (χ0n) is 12.3. The van der Waals surface area contributed by atoms with Gasteiger partial charge in [0.05, 0.1) is 0 Å². The van der Waals surface area contributed by atoms with Gasteiger partial charge in [-0.15, -0.1) is 0 Å². The molecule has 20 heavy (non-hydrogen) atoms. The molecule has 2 aliphatic heterocycles. The van der Waals surface area contributed by atoms with E-state index in [2.05, 4.69) is 73.6 Å². The Morgan fingerprint density at radius 3 is 2.85 bits per heavy atom. The van der Waals surface area contributed by atoms with Gasteiger partial charge >= 0.3 is 0 Å². The van der Waals surface area contributed by atoms with Gasteiger partial charge in [-0.3, -0.25) is 0 Å². The zero-order valence-corrected chi connectivity index (χ0v) is 12.3. The maximum Gasteiger partial charge on any atom is 0.109 e. The van der Waals surface area contributed by atoms with Crippen molar-refractivity contribution in [1.29, 1.82) is 0 Å². The molecule has 0 aliphatic carbocycles. The monoisotopic (exact) mass is 264 g/mol. The zero-order chi connectivity index (χ0) is 13.9. The van der Waals surface area contributed by atoms with Gasteiger partial charge < -0.3 is 10.2 Å². The number of hydrogen-bond acceptors (Lipinski definition) is 2. The number of nitrogens with one attached hydrogen (secondary N) is 1. The molecule has 2 aromatic rings. The molecule has 2 nitrogen and oxygen atoms in total. The summed E-state index contributed by atoms with van der Waals surface area (Å²) in [6, 6.07) is 15.5. The van der Waals surface area contributed by atoms with Crippen LogP contribution in [0.3, 0.4) is 0 Å². The number of benzene rings is 2. The Bertz CT molecular complexity index is 692. The van der Waals surface area contributed by atoms with Gasteiger partial charge in [-0.1, -0.05) is 42.8 Å². The van der Waals surface area contributed by atoms with Crippen LogP contribution >= 0.6 is 0 Å². The summed E-state index contributed by atoms with van der Waals surface area (Å²) in [5, 5.41) is 3.75. The summed E-state index contributed by atoms with van der Waals surface area (Å²) >= 11 is 0. The lowest BCUT2D eigenvalue weighted by Crippen LogP contribution is -2.50. The molecule has 0 aromatic heterocycles. The fourth-order valence-electron chi connectivity index (χ4n) is 3.98. The molecule has 4 rings (SSSR count). The van der Waals surface area contributed by atoms with Gasteiger partial charge in [0, 0.05) is 23.8 Å². The maximum atomic E-state index is 3.75. The van der Waals surface area contributed by atoms with Crippen LogP contribution in [0.5, 0.6) is 0 Å². The van der Waals surface area contributed by atoms with Gasteiger partial charge in [0.25, 0.3) is 0 Å². The second-order valence-electron chi connectivity index (χ2n) is 6.43. The Kier molecular flexibility index (Phi) is 2.24. The summed E-state index contributed by atoms with van der Waals surface area (Å²) in [6.45, 7) is 4.56. The molecule has 2 atom stereocenters. The number of para-hydroxylation sites is 1. The summed E-state index contributed by atoms with van der Waals surface area (Å²) in [5.41, 5.74) is 7.04. The van der Waals surface area contributed by atoms with Crippen LogP contribution in [0.4, 0.5) is 11.4 Å². The van der Waals surface area contributed by atoms with E-state index in [4.69, 9.17) is 0 Å². The first-order valence-corrected chi connectivity index (χ1v) is 7.28. The topological polar surface area (TPSA) is 15.3 Å². The van der Waals surface area contributed by atoms with Crippen LogP contribution in [0.2, 0.25) is 0 Å². The molecule has 2 aliphatic rings. The van der Waals surface area contributed by atoms with Crippen LogP contribution in [-0.2, 0) is 11.8 Å². The first kappa shape index (κ1) is 11.8. The Balaban J connectivity index is 1.89. The van der Waals surface area contributed by atoms with Crippen LogP contribution in [0.25, 0.3) is 0 Å². The molecule has 0 bridgehead atoms.